The Morgan fingerprint density at radius 1 is 1.11 bits per heavy atom. The van der Waals surface area contributed by atoms with Gasteiger partial charge in [-0.25, -0.2) is 0 Å². The topological polar surface area (TPSA) is 83.5 Å². The normalized spacial score (nSPS) is 13.1. The van der Waals surface area contributed by atoms with Crippen LogP contribution in [0, 0.1) is 20.8 Å². The number of aryl methyl sites for hydroxylation is 2. The van der Waals surface area contributed by atoms with Gasteiger partial charge in [-0.15, -0.1) is 0 Å². The molecule has 0 aliphatic heterocycles. The summed E-state index contributed by atoms with van der Waals surface area (Å²) in [6, 6.07) is 7.14. The first kappa shape index (κ1) is 20.6. The fraction of sp³-hybridized carbons (Fsp3) is 0.381. The minimum absolute atomic E-state index is 0.0638. The molecule has 0 saturated heterocycles. The van der Waals surface area contributed by atoms with Crippen LogP contribution in [0.1, 0.15) is 51.5 Å². The molecule has 1 unspecified atom stereocenters. The molecule has 1 heterocycles. The van der Waals surface area contributed by atoms with Crippen molar-refractivity contribution in [1.29, 1.82) is 0 Å². The lowest BCUT2D eigenvalue weighted by atomic mass is 10.0. The van der Waals surface area contributed by atoms with Crippen molar-refractivity contribution in [3.63, 3.8) is 0 Å². The summed E-state index contributed by atoms with van der Waals surface area (Å²) in [5.74, 6) is -0.324. The summed E-state index contributed by atoms with van der Waals surface area (Å²) < 4.78 is 0. The lowest BCUT2D eigenvalue weighted by Gasteiger charge is -2.20. The molecule has 6 heteroatoms. The van der Waals surface area contributed by atoms with E-state index in [0.717, 1.165) is 16.2 Å². The molecule has 2 rings (SSSR count). The zero-order chi connectivity index (χ0) is 20.3. The second-order valence-corrected chi connectivity index (χ2v) is 7.20. The molecule has 1 aromatic heterocycles. The fourth-order valence-electron chi connectivity index (χ4n) is 3.21. The Morgan fingerprint density at radius 2 is 1.70 bits per heavy atom. The molecule has 0 aliphatic rings. The average Bonchev–Trinajstić information content (AvgIpc) is 2.90. The van der Waals surface area contributed by atoms with Gasteiger partial charge in [0.1, 0.15) is 0 Å². The Kier molecular flexibility index (Phi) is 6.33. The number of likely N-dealkylation sites (N-methyl/N-ethyl adjacent to an activating group) is 1. The van der Waals surface area contributed by atoms with Gasteiger partial charge in [-0.3, -0.25) is 14.4 Å². The Balaban J connectivity index is 2.06. The summed E-state index contributed by atoms with van der Waals surface area (Å²) in [7, 11) is 1.81. The van der Waals surface area contributed by atoms with Gasteiger partial charge in [0.05, 0.1) is 12.7 Å². The second kappa shape index (κ2) is 8.31. The number of carbonyl (C=O) groups excluding carboxylic acids is 3. The molecule has 1 amide bonds. The number of ketones is 2. The molecule has 0 spiro atoms. The molecular weight excluding hydrogens is 342 g/mol. The molecule has 144 valence electrons. The van der Waals surface area contributed by atoms with Crippen molar-refractivity contribution in [3.8, 4) is 0 Å². The highest BCUT2D eigenvalue weighted by Gasteiger charge is 2.29. The van der Waals surface area contributed by atoms with E-state index in [1.807, 2.05) is 38.2 Å². The van der Waals surface area contributed by atoms with Gasteiger partial charge in [0.15, 0.2) is 18.4 Å². The van der Waals surface area contributed by atoms with E-state index in [2.05, 4.69) is 10.3 Å². The van der Waals surface area contributed by atoms with E-state index < -0.39 is 6.04 Å². The first-order valence-corrected chi connectivity index (χ1v) is 9.05. The molecule has 0 fully saturated rings. The third-order valence-electron chi connectivity index (χ3n) is 4.94. The summed E-state index contributed by atoms with van der Waals surface area (Å²) in [4.78, 5) is 40.8. The van der Waals surface area contributed by atoms with Gasteiger partial charge in [-0.2, -0.15) is 0 Å². The molecule has 0 aliphatic carbocycles. The van der Waals surface area contributed by atoms with E-state index in [-0.39, 0.29) is 24.0 Å². The van der Waals surface area contributed by atoms with Gasteiger partial charge in [0, 0.05) is 16.9 Å². The van der Waals surface area contributed by atoms with E-state index in [1.165, 1.54) is 6.92 Å². The molecule has 3 N–H and O–H groups in total. The van der Waals surface area contributed by atoms with Gasteiger partial charge >= 0.3 is 0 Å². The lowest BCUT2D eigenvalue weighted by molar-refractivity contribution is -0.885. The van der Waals surface area contributed by atoms with Crippen molar-refractivity contribution in [2.45, 2.75) is 40.7 Å². The molecule has 0 radical (unpaired) electrons. The van der Waals surface area contributed by atoms with Crippen LogP contribution in [0.4, 0.5) is 5.69 Å². The number of amides is 1. The Bertz CT molecular complexity index is 866. The van der Waals surface area contributed by atoms with Crippen LogP contribution >= 0.6 is 0 Å². The highest BCUT2D eigenvalue weighted by molar-refractivity contribution is 6.04. The summed E-state index contributed by atoms with van der Waals surface area (Å²) in [6.45, 7) is 9.00. The van der Waals surface area contributed by atoms with Gasteiger partial charge in [0.2, 0.25) is 5.78 Å². The predicted molar refractivity (Wildman–Crippen MR) is 106 cm³/mol. The Hall–Kier alpha value is -2.73. The van der Waals surface area contributed by atoms with Gasteiger partial charge in [0.25, 0.3) is 5.91 Å². The smallest absolute Gasteiger partial charge is 0.279 e. The number of carbonyl (C=O) groups is 3. The van der Waals surface area contributed by atoms with Crippen LogP contribution in [0.3, 0.4) is 0 Å². The number of aromatic amines is 1. The zero-order valence-electron chi connectivity index (χ0n) is 16.8. The van der Waals surface area contributed by atoms with Crippen molar-refractivity contribution in [3.05, 3.63) is 52.3 Å². The molecular formula is C21H28N3O3+. The number of rotatable bonds is 7. The maximum absolute atomic E-state index is 12.9. The zero-order valence-corrected chi connectivity index (χ0v) is 16.8. The van der Waals surface area contributed by atoms with E-state index in [0.29, 0.717) is 22.5 Å². The number of H-pyrrole nitrogens is 1. The van der Waals surface area contributed by atoms with E-state index in [4.69, 9.17) is 0 Å². The fourth-order valence-corrected chi connectivity index (χ4v) is 3.21. The number of hydrogen-bond donors (Lipinski definition) is 3. The highest BCUT2D eigenvalue weighted by Crippen LogP contribution is 2.19. The Labute approximate surface area is 160 Å². The largest absolute Gasteiger partial charge is 0.355 e. The molecule has 1 aromatic carbocycles. The molecule has 0 saturated carbocycles. The number of Topliss-reactive ketones (excluding diaryl/α,β-unsaturated/α-hetero) is 2. The van der Waals surface area contributed by atoms with Gasteiger partial charge < -0.3 is 15.2 Å². The third-order valence-corrected chi connectivity index (χ3v) is 4.94. The van der Waals surface area contributed by atoms with Crippen LogP contribution in [0.25, 0.3) is 0 Å². The van der Waals surface area contributed by atoms with Crippen LogP contribution in [0.5, 0.6) is 0 Å². The highest BCUT2D eigenvalue weighted by atomic mass is 16.2. The minimum atomic E-state index is -0.426. The number of hydrogen-bond acceptors (Lipinski definition) is 3. The molecule has 2 aromatic rings. The van der Waals surface area contributed by atoms with Crippen LogP contribution in [0.15, 0.2) is 24.3 Å². The number of anilines is 1. The summed E-state index contributed by atoms with van der Waals surface area (Å²) in [6.07, 6.45) is 0. The number of nitrogens with one attached hydrogen (secondary N) is 3. The average molecular weight is 370 g/mol. The van der Waals surface area contributed by atoms with E-state index >= 15 is 0 Å². The minimum Gasteiger partial charge on any atom is -0.355 e. The summed E-state index contributed by atoms with van der Waals surface area (Å²) >= 11 is 0. The maximum atomic E-state index is 12.9. The van der Waals surface area contributed by atoms with Crippen LogP contribution in [-0.2, 0) is 4.79 Å². The lowest BCUT2D eigenvalue weighted by Crippen LogP contribution is -3.14. The second-order valence-electron chi connectivity index (χ2n) is 7.20. The van der Waals surface area contributed by atoms with Crippen molar-refractivity contribution < 1.29 is 19.3 Å². The van der Waals surface area contributed by atoms with Crippen molar-refractivity contribution in [2.75, 3.05) is 18.9 Å². The molecule has 0 bridgehead atoms. The van der Waals surface area contributed by atoms with Crippen LogP contribution in [-0.4, -0.2) is 42.1 Å². The number of quaternary nitrogens is 1. The van der Waals surface area contributed by atoms with Gasteiger partial charge in [-0.05, 0) is 52.3 Å². The predicted octanol–water partition coefficient (Wildman–Crippen LogP) is 1.87. The number of benzene rings is 1. The van der Waals surface area contributed by atoms with Crippen LogP contribution < -0.4 is 10.2 Å². The molecule has 27 heavy (non-hydrogen) atoms. The summed E-state index contributed by atoms with van der Waals surface area (Å²) in [5, 5.41) is 2.85. The molecule has 6 nitrogen and oxygen atoms in total. The summed E-state index contributed by atoms with van der Waals surface area (Å²) in [5.41, 5.74) is 4.25. The number of aromatic nitrogens is 1. The van der Waals surface area contributed by atoms with Crippen LogP contribution in [0.2, 0.25) is 0 Å². The van der Waals surface area contributed by atoms with E-state index in [1.54, 1.807) is 20.8 Å². The molecule has 2 atom stereocenters. The van der Waals surface area contributed by atoms with Crippen molar-refractivity contribution in [1.82, 2.24) is 4.98 Å². The van der Waals surface area contributed by atoms with E-state index in [9.17, 15) is 14.4 Å². The Morgan fingerprint density at radius 3 is 2.22 bits per heavy atom. The van der Waals surface area contributed by atoms with Crippen molar-refractivity contribution >= 4 is 23.2 Å². The monoisotopic (exact) mass is 370 g/mol. The first-order chi connectivity index (χ1) is 12.6. The standard InChI is InChI=1S/C21H27N3O3/c1-12-7-9-17(10-8-12)23-18(26)11-24(6)15(4)21(27)20-13(2)19(16(5)25)14(3)22-20/h7-10,15,22H,11H2,1-6H3,(H,23,26)/p+1/t15-/m1/s1. The van der Waals surface area contributed by atoms with Gasteiger partial charge in [-0.1, -0.05) is 17.7 Å². The quantitative estimate of drug-likeness (QED) is 0.651. The third kappa shape index (κ3) is 4.71. The first-order valence-electron chi connectivity index (χ1n) is 9.05. The maximum Gasteiger partial charge on any atom is 0.279 e. The van der Waals surface area contributed by atoms with Crippen molar-refractivity contribution in [2.24, 2.45) is 0 Å². The SMILES string of the molecule is CC(=O)c1c(C)[nH]c(C(=O)[C@@H](C)[NH+](C)CC(=O)Nc2ccc(C)cc2)c1C.